The first-order valence-corrected chi connectivity index (χ1v) is 11.0. The highest BCUT2D eigenvalue weighted by Crippen LogP contribution is 2.56. The lowest BCUT2D eigenvalue weighted by molar-refractivity contribution is -0.139. The van der Waals surface area contributed by atoms with Crippen LogP contribution in [0.25, 0.3) is 10.8 Å². The quantitative estimate of drug-likeness (QED) is 0.450. The van der Waals surface area contributed by atoms with Crippen LogP contribution in [0.15, 0.2) is 72.8 Å². The average Bonchev–Trinajstić information content (AvgIpc) is 2.70. The number of carboxylic acid groups (broad SMARTS) is 1. The van der Waals surface area contributed by atoms with Gasteiger partial charge in [0.1, 0.15) is 6.04 Å². The van der Waals surface area contributed by atoms with E-state index in [9.17, 15) is 19.4 Å². The first-order valence-electron chi connectivity index (χ1n) is 9.29. The Morgan fingerprint density at radius 1 is 0.964 bits per heavy atom. The maximum absolute atomic E-state index is 13.3. The maximum atomic E-state index is 13.3. The summed E-state index contributed by atoms with van der Waals surface area (Å²) in [7, 11) is -4.03. The summed E-state index contributed by atoms with van der Waals surface area (Å²) in [5.41, 5.74) is 0.488. The van der Waals surface area contributed by atoms with Crippen LogP contribution in [0.2, 0.25) is 0 Å². The van der Waals surface area contributed by atoms with E-state index in [1.165, 1.54) is 0 Å². The van der Waals surface area contributed by atoms with Gasteiger partial charge in [0.05, 0.1) is 5.66 Å². The topological polar surface area (TPSA) is 86.6 Å². The summed E-state index contributed by atoms with van der Waals surface area (Å²) >= 11 is 0. The molecular weight excluding hydrogens is 373 g/mol. The van der Waals surface area contributed by atoms with Crippen LogP contribution >= 0.6 is 7.52 Å². The van der Waals surface area contributed by atoms with Gasteiger partial charge < -0.3 is 10.00 Å². The third-order valence-electron chi connectivity index (χ3n) is 4.84. The van der Waals surface area contributed by atoms with Gasteiger partial charge in [-0.1, -0.05) is 86.1 Å². The van der Waals surface area contributed by atoms with Gasteiger partial charge in [0, 0.05) is 0 Å². The van der Waals surface area contributed by atoms with E-state index in [0.29, 0.717) is 18.4 Å². The molecule has 0 saturated heterocycles. The maximum Gasteiger partial charge on any atom is 0.325 e. The molecule has 0 aromatic heterocycles. The SMILES string of the molecule is CCCC(c1ccc2ccccc2c1)P(=O)(O)NC(C(=O)O)c1ccccc1. The fourth-order valence-electron chi connectivity index (χ4n) is 3.42. The Labute approximate surface area is 164 Å². The third kappa shape index (κ3) is 4.50. The smallest absolute Gasteiger partial charge is 0.325 e. The molecule has 3 aromatic carbocycles. The summed E-state index contributed by atoms with van der Waals surface area (Å²) in [5, 5.41) is 14.2. The zero-order chi connectivity index (χ0) is 20.1. The van der Waals surface area contributed by atoms with Crippen LogP contribution in [-0.2, 0) is 9.36 Å². The molecule has 0 radical (unpaired) electrons. The fourth-order valence-corrected chi connectivity index (χ4v) is 5.41. The van der Waals surface area contributed by atoms with Gasteiger partial charge in [0.2, 0.25) is 0 Å². The van der Waals surface area contributed by atoms with Crippen LogP contribution in [0, 0.1) is 0 Å². The Morgan fingerprint density at radius 3 is 2.25 bits per heavy atom. The number of nitrogens with one attached hydrogen (secondary N) is 1. The molecule has 0 aliphatic rings. The van der Waals surface area contributed by atoms with Gasteiger partial charge in [0.15, 0.2) is 0 Å². The molecule has 0 spiro atoms. The Bertz CT molecular complexity index is 1010. The molecule has 6 heteroatoms. The number of fused-ring (bicyclic) bond motifs is 1. The molecule has 5 nitrogen and oxygen atoms in total. The lowest BCUT2D eigenvalue weighted by atomic mass is 10.0. The van der Waals surface area contributed by atoms with Gasteiger partial charge in [-0.15, -0.1) is 0 Å². The van der Waals surface area contributed by atoms with Crippen LogP contribution < -0.4 is 5.09 Å². The minimum absolute atomic E-state index is 0.443. The Kier molecular flexibility index (Phi) is 6.30. The van der Waals surface area contributed by atoms with Crippen LogP contribution in [-0.4, -0.2) is 16.0 Å². The summed E-state index contributed by atoms with van der Waals surface area (Å²) < 4.78 is 13.3. The van der Waals surface area contributed by atoms with Gasteiger partial charge >= 0.3 is 5.97 Å². The normalized spacial score (nSPS) is 15.6. The molecule has 0 heterocycles. The summed E-state index contributed by atoms with van der Waals surface area (Å²) in [6.45, 7) is 1.94. The molecule has 3 atom stereocenters. The van der Waals surface area contributed by atoms with Gasteiger partial charge in [-0.2, -0.15) is 0 Å². The van der Waals surface area contributed by atoms with E-state index in [-0.39, 0.29) is 0 Å². The minimum atomic E-state index is -4.03. The number of hydrogen-bond acceptors (Lipinski definition) is 2. The highest BCUT2D eigenvalue weighted by Gasteiger charge is 2.36. The summed E-state index contributed by atoms with van der Waals surface area (Å²) in [5.74, 6) is -1.19. The van der Waals surface area contributed by atoms with Crippen molar-refractivity contribution in [2.45, 2.75) is 31.5 Å². The highest BCUT2D eigenvalue weighted by molar-refractivity contribution is 7.56. The van der Waals surface area contributed by atoms with Crippen molar-refractivity contribution in [2.75, 3.05) is 0 Å². The summed E-state index contributed by atoms with van der Waals surface area (Å²) in [6.07, 6.45) is 1.17. The van der Waals surface area contributed by atoms with Crippen molar-refractivity contribution >= 4 is 24.3 Å². The molecule has 3 N–H and O–H groups in total. The van der Waals surface area contributed by atoms with Gasteiger partial charge in [-0.05, 0) is 28.3 Å². The van der Waals surface area contributed by atoms with Crippen molar-refractivity contribution in [1.82, 2.24) is 5.09 Å². The van der Waals surface area contributed by atoms with Crippen molar-refractivity contribution in [1.29, 1.82) is 0 Å². The van der Waals surface area contributed by atoms with Crippen molar-refractivity contribution in [3.05, 3.63) is 83.9 Å². The number of benzene rings is 3. The minimum Gasteiger partial charge on any atom is -0.480 e. The number of aliphatic carboxylic acids is 1. The predicted molar refractivity (Wildman–Crippen MR) is 111 cm³/mol. The van der Waals surface area contributed by atoms with Gasteiger partial charge in [0.25, 0.3) is 7.52 Å². The molecular formula is C22H24NO4P. The van der Waals surface area contributed by atoms with E-state index in [1.54, 1.807) is 30.3 Å². The third-order valence-corrected chi connectivity index (χ3v) is 6.87. The fraction of sp³-hybridized carbons (Fsp3) is 0.227. The monoisotopic (exact) mass is 397 g/mol. The van der Waals surface area contributed by atoms with E-state index < -0.39 is 25.2 Å². The Balaban J connectivity index is 1.96. The van der Waals surface area contributed by atoms with Crippen LogP contribution in [0.4, 0.5) is 0 Å². The van der Waals surface area contributed by atoms with Gasteiger partial charge in [-0.3, -0.25) is 9.36 Å². The van der Waals surface area contributed by atoms with E-state index in [2.05, 4.69) is 5.09 Å². The molecule has 0 aliphatic heterocycles. The second kappa shape index (κ2) is 8.70. The molecule has 0 saturated carbocycles. The molecule has 0 aliphatic carbocycles. The molecule has 28 heavy (non-hydrogen) atoms. The van der Waals surface area contributed by atoms with Crippen molar-refractivity contribution in [3.63, 3.8) is 0 Å². The Morgan fingerprint density at radius 2 is 1.61 bits per heavy atom. The van der Waals surface area contributed by atoms with Crippen molar-refractivity contribution < 1.29 is 19.4 Å². The number of rotatable bonds is 8. The second-order valence-electron chi connectivity index (χ2n) is 6.85. The molecule has 3 rings (SSSR count). The Hall–Kier alpha value is -2.46. The van der Waals surface area contributed by atoms with E-state index in [1.807, 2.05) is 49.4 Å². The number of carboxylic acids is 1. The van der Waals surface area contributed by atoms with E-state index in [0.717, 1.165) is 16.3 Å². The van der Waals surface area contributed by atoms with E-state index >= 15 is 0 Å². The largest absolute Gasteiger partial charge is 0.480 e. The van der Waals surface area contributed by atoms with Crippen molar-refractivity contribution in [3.8, 4) is 0 Å². The predicted octanol–water partition coefficient (Wildman–Crippen LogP) is 5.28. The standard InChI is InChI=1S/C22H24NO4P/c1-2-8-20(19-14-13-16-9-6-7-12-18(16)15-19)28(26,27)23-21(22(24)25)17-10-4-3-5-11-17/h3-7,9-15,20-21H,2,8H2,1H3,(H,24,25)(H2,23,26,27). The summed E-state index contributed by atoms with van der Waals surface area (Å²) in [4.78, 5) is 22.7. The molecule has 0 bridgehead atoms. The first-order chi connectivity index (χ1) is 13.4. The first kappa shape index (κ1) is 20.3. The molecule has 0 amide bonds. The van der Waals surface area contributed by atoms with Crippen LogP contribution in [0.5, 0.6) is 0 Å². The number of hydrogen-bond donors (Lipinski definition) is 3. The van der Waals surface area contributed by atoms with Crippen LogP contribution in [0.1, 0.15) is 42.6 Å². The molecule has 3 aromatic rings. The summed E-state index contributed by atoms with van der Waals surface area (Å²) in [6, 6.07) is 20.7. The molecule has 146 valence electrons. The zero-order valence-electron chi connectivity index (χ0n) is 15.7. The lowest BCUT2D eigenvalue weighted by Gasteiger charge is -2.27. The highest BCUT2D eigenvalue weighted by atomic mass is 31.2. The van der Waals surface area contributed by atoms with Crippen LogP contribution in [0.3, 0.4) is 0 Å². The molecule has 3 unspecified atom stereocenters. The van der Waals surface area contributed by atoms with E-state index in [4.69, 9.17) is 0 Å². The van der Waals surface area contributed by atoms with Crippen molar-refractivity contribution in [2.24, 2.45) is 0 Å². The molecule has 0 fully saturated rings. The lowest BCUT2D eigenvalue weighted by Crippen LogP contribution is -2.28. The second-order valence-corrected chi connectivity index (χ2v) is 8.97. The average molecular weight is 397 g/mol. The van der Waals surface area contributed by atoms with Gasteiger partial charge in [-0.25, -0.2) is 5.09 Å². The number of carbonyl (C=O) groups is 1. The zero-order valence-corrected chi connectivity index (χ0v) is 16.5.